The zero-order valence-corrected chi connectivity index (χ0v) is 17.7. The summed E-state index contributed by atoms with van der Waals surface area (Å²) in [5, 5.41) is 3.89. The van der Waals surface area contributed by atoms with Crippen molar-refractivity contribution in [3.05, 3.63) is 95.6 Å². The molecule has 0 unspecified atom stereocenters. The highest BCUT2D eigenvalue weighted by molar-refractivity contribution is 8.14. The van der Waals surface area contributed by atoms with Gasteiger partial charge in [-0.3, -0.25) is 9.79 Å². The van der Waals surface area contributed by atoms with E-state index in [1.807, 2.05) is 54.6 Å². The van der Waals surface area contributed by atoms with Crippen molar-refractivity contribution >= 4 is 39.8 Å². The summed E-state index contributed by atoms with van der Waals surface area (Å²) < 4.78 is 0. The number of hydrogen-bond donors (Lipinski definition) is 1. The fraction of sp³-hybridized carbons (Fsp3) is 0.160. The first-order chi connectivity index (χ1) is 14.7. The molecule has 30 heavy (non-hydrogen) atoms. The Morgan fingerprint density at radius 3 is 2.30 bits per heavy atom. The van der Waals surface area contributed by atoms with E-state index in [-0.39, 0.29) is 5.91 Å². The molecule has 0 aromatic heterocycles. The van der Waals surface area contributed by atoms with Gasteiger partial charge in [0.05, 0.1) is 27.9 Å². The summed E-state index contributed by atoms with van der Waals surface area (Å²) in [5.74, 6) is 0.327. The van der Waals surface area contributed by atoms with Gasteiger partial charge in [0.1, 0.15) is 0 Å². The molecule has 0 saturated heterocycles. The molecule has 1 heterocycles. The summed E-state index contributed by atoms with van der Waals surface area (Å²) in [7, 11) is 0. The van der Waals surface area contributed by atoms with Gasteiger partial charge in [-0.05, 0) is 30.2 Å². The van der Waals surface area contributed by atoms with Crippen molar-refractivity contribution in [3.8, 4) is 0 Å². The van der Waals surface area contributed by atoms with Gasteiger partial charge in [0, 0.05) is 13.0 Å². The van der Waals surface area contributed by atoms with Gasteiger partial charge in [-0.25, -0.2) is 4.99 Å². The van der Waals surface area contributed by atoms with Crippen LogP contribution in [0.3, 0.4) is 0 Å². The number of nitrogens with zero attached hydrogens (tertiary/aromatic N) is 2. The van der Waals surface area contributed by atoms with Crippen LogP contribution in [0.25, 0.3) is 0 Å². The monoisotopic (exact) mass is 413 g/mol. The number of aliphatic imine (C=N–C) groups is 2. The molecule has 4 nitrogen and oxygen atoms in total. The van der Waals surface area contributed by atoms with E-state index >= 15 is 0 Å². The molecule has 0 atom stereocenters. The highest BCUT2D eigenvalue weighted by Crippen LogP contribution is 2.33. The average molecular weight is 414 g/mol. The second-order valence-corrected chi connectivity index (χ2v) is 8.20. The Kier molecular flexibility index (Phi) is 6.40. The van der Waals surface area contributed by atoms with Crippen LogP contribution < -0.4 is 5.32 Å². The van der Waals surface area contributed by atoms with Crippen LogP contribution in [0.1, 0.15) is 23.1 Å². The van der Waals surface area contributed by atoms with Crippen molar-refractivity contribution < 1.29 is 4.79 Å². The van der Waals surface area contributed by atoms with Crippen LogP contribution in [0, 0.1) is 6.92 Å². The number of carbonyl (C=O) groups is 1. The molecule has 0 bridgehead atoms. The Hall–Kier alpha value is -3.18. The van der Waals surface area contributed by atoms with Crippen LogP contribution in [0.2, 0.25) is 0 Å². The van der Waals surface area contributed by atoms with Crippen LogP contribution in [0.4, 0.5) is 11.4 Å². The first-order valence-corrected chi connectivity index (χ1v) is 10.9. The summed E-state index contributed by atoms with van der Waals surface area (Å²) in [4.78, 5) is 22.0. The second-order valence-electron chi connectivity index (χ2n) is 7.15. The maximum absolute atomic E-state index is 12.4. The van der Waals surface area contributed by atoms with Crippen molar-refractivity contribution in [2.75, 3.05) is 5.75 Å². The van der Waals surface area contributed by atoms with E-state index in [0.717, 1.165) is 33.3 Å². The highest BCUT2D eigenvalue weighted by atomic mass is 32.2. The largest absolute Gasteiger partial charge is 0.351 e. The Morgan fingerprint density at radius 1 is 0.900 bits per heavy atom. The molecule has 0 spiro atoms. The quantitative estimate of drug-likeness (QED) is 0.592. The third kappa shape index (κ3) is 5.24. The zero-order valence-electron chi connectivity index (χ0n) is 16.8. The maximum atomic E-state index is 12.4. The summed E-state index contributed by atoms with van der Waals surface area (Å²) in [6.45, 7) is 2.59. The van der Waals surface area contributed by atoms with Crippen LogP contribution in [0.5, 0.6) is 0 Å². The Labute approximate surface area is 181 Å². The number of thioether (sulfide) groups is 1. The fourth-order valence-electron chi connectivity index (χ4n) is 3.14. The van der Waals surface area contributed by atoms with E-state index in [2.05, 4.69) is 36.5 Å². The molecule has 0 radical (unpaired) electrons. The number of aryl methyl sites for hydroxylation is 1. The Balaban J connectivity index is 1.44. The summed E-state index contributed by atoms with van der Waals surface area (Å²) in [5.41, 5.74) is 6.04. The standard InChI is InChI=1S/C25H23N3OS/c1-18-11-13-19(14-12-18)16-26-24(29)17-30-25-15-23(20-7-3-2-4-8-20)27-21-9-5-6-10-22(21)28-25/h2-14H,15-17H2,1H3,(H,26,29). The van der Waals surface area contributed by atoms with Gasteiger partial charge in [-0.1, -0.05) is 72.3 Å². The predicted octanol–water partition coefficient (Wildman–Crippen LogP) is 5.60. The minimum atomic E-state index is -0.000919. The van der Waals surface area contributed by atoms with Crippen molar-refractivity contribution in [1.29, 1.82) is 0 Å². The third-order valence-electron chi connectivity index (χ3n) is 4.79. The fourth-order valence-corrected chi connectivity index (χ4v) is 3.94. The molecule has 150 valence electrons. The van der Waals surface area contributed by atoms with Crippen LogP contribution >= 0.6 is 11.8 Å². The van der Waals surface area contributed by atoms with Crippen molar-refractivity contribution in [1.82, 2.24) is 5.32 Å². The Morgan fingerprint density at radius 2 is 1.57 bits per heavy atom. The number of rotatable bonds is 5. The van der Waals surface area contributed by atoms with Gasteiger partial charge in [0.25, 0.3) is 0 Å². The summed E-state index contributed by atoms with van der Waals surface area (Å²) in [6.07, 6.45) is 0.606. The number of para-hydroxylation sites is 2. The second kappa shape index (κ2) is 9.55. The van der Waals surface area contributed by atoms with Gasteiger partial charge >= 0.3 is 0 Å². The Bertz CT molecular complexity index is 1090. The molecule has 4 rings (SSSR count). The molecule has 1 amide bonds. The SMILES string of the molecule is Cc1ccc(CNC(=O)CSC2=Nc3ccccc3N=C(c3ccccc3)C2)cc1. The molecule has 3 aromatic carbocycles. The molecular weight excluding hydrogens is 390 g/mol. The van der Waals surface area contributed by atoms with Gasteiger partial charge < -0.3 is 5.32 Å². The summed E-state index contributed by atoms with van der Waals surface area (Å²) >= 11 is 1.48. The van der Waals surface area contributed by atoms with Gasteiger partial charge in [-0.2, -0.15) is 0 Å². The molecule has 1 N–H and O–H groups in total. The lowest BCUT2D eigenvalue weighted by Gasteiger charge is -2.08. The van der Waals surface area contributed by atoms with Crippen molar-refractivity contribution in [3.63, 3.8) is 0 Å². The normalized spacial score (nSPS) is 13.0. The molecule has 1 aliphatic rings. The van der Waals surface area contributed by atoms with Gasteiger partial charge in [0.15, 0.2) is 0 Å². The van der Waals surface area contributed by atoms with Crippen LogP contribution in [-0.2, 0) is 11.3 Å². The molecule has 0 saturated carbocycles. The minimum absolute atomic E-state index is 0.000919. The first-order valence-electron chi connectivity index (χ1n) is 9.92. The number of hydrogen-bond acceptors (Lipinski definition) is 4. The number of amides is 1. The lowest BCUT2D eigenvalue weighted by atomic mass is 10.1. The van der Waals surface area contributed by atoms with Crippen LogP contribution in [-0.4, -0.2) is 22.4 Å². The number of benzene rings is 3. The molecule has 1 aliphatic heterocycles. The number of fused-ring (bicyclic) bond motifs is 1. The van der Waals surface area contributed by atoms with E-state index in [1.165, 1.54) is 17.3 Å². The average Bonchev–Trinajstić information content (AvgIpc) is 2.97. The molecule has 0 fully saturated rings. The predicted molar refractivity (Wildman–Crippen MR) is 126 cm³/mol. The van der Waals surface area contributed by atoms with Crippen molar-refractivity contribution in [2.45, 2.75) is 19.9 Å². The van der Waals surface area contributed by atoms with E-state index in [1.54, 1.807) is 0 Å². The number of nitrogens with one attached hydrogen (secondary N) is 1. The van der Waals surface area contributed by atoms with E-state index < -0.39 is 0 Å². The lowest BCUT2D eigenvalue weighted by Crippen LogP contribution is -2.25. The smallest absolute Gasteiger partial charge is 0.230 e. The first kappa shape index (κ1) is 20.1. The summed E-state index contributed by atoms with van der Waals surface area (Å²) in [6, 6.07) is 26.2. The van der Waals surface area contributed by atoms with Crippen molar-refractivity contribution in [2.24, 2.45) is 9.98 Å². The molecule has 0 aliphatic carbocycles. The third-order valence-corrected chi connectivity index (χ3v) is 5.76. The molecule has 5 heteroatoms. The van der Waals surface area contributed by atoms with E-state index in [4.69, 9.17) is 9.98 Å². The van der Waals surface area contributed by atoms with Gasteiger partial charge in [-0.15, -0.1) is 11.8 Å². The minimum Gasteiger partial charge on any atom is -0.351 e. The molecule has 3 aromatic rings. The highest BCUT2D eigenvalue weighted by Gasteiger charge is 2.16. The van der Waals surface area contributed by atoms with Crippen LogP contribution in [0.15, 0.2) is 88.8 Å². The topological polar surface area (TPSA) is 53.8 Å². The zero-order chi connectivity index (χ0) is 20.8. The molecular formula is C25H23N3OS. The van der Waals surface area contributed by atoms with Gasteiger partial charge in [0.2, 0.25) is 5.91 Å². The van der Waals surface area contributed by atoms with E-state index in [0.29, 0.717) is 18.7 Å². The number of carbonyl (C=O) groups excluding carboxylic acids is 1. The lowest BCUT2D eigenvalue weighted by molar-refractivity contribution is -0.118. The maximum Gasteiger partial charge on any atom is 0.230 e. The van der Waals surface area contributed by atoms with E-state index in [9.17, 15) is 4.79 Å².